The quantitative estimate of drug-likeness (QED) is 0.143. The molecule has 1 N–H and O–H groups in total. The van der Waals surface area contributed by atoms with Gasteiger partial charge in [0.05, 0.1) is 55.0 Å². The molecular formula is C46H51N7O11. The number of morpholine rings is 1. The lowest BCUT2D eigenvalue weighted by atomic mass is 9.88. The van der Waals surface area contributed by atoms with Crippen molar-refractivity contribution >= 4 is 52.5 Å². The first-order valence-corrected chi connectivity index (χ1v) is 21.4. The number of nitrogens with zero attached hydrogens (tertiary/aromatic N) is 6. The van der Waals surface area contributed by atoms with Crippen LogP contribution in [0.25, 0.3) is 21.9 Å². The fraction of sp³-hybridized carbons (Fsp3) is 0.435. The lowest BCUT2D eigenvalue weighted by molar-refractivity contribution is -0.174. The molecule has 2 unspecified atom stereocenters. The summed E-state index contributed by atoms with van der Waals surface area (Å²) in [4.78, 5) is 99.9. The Labute approximate surface area is 369 Å². The highest BCUT2D eigenvalue weighted by Crippen LogP contribution is 2.39. The first kappa shape index (κ1) is 44.0. The van der Waals surface area contributed by atoms with Gasteiger partial charge >= 0.3 is 0 Å². The molecule has 3 saturated heterocycles. The lowest BCUT2D eigenvalue weighted by Gasteiger charge is -2.49. The molecule has 5 amide bonds. The average Bonchev–Trinajstić information content (AvgIpc) is 3.54. The fourth-order valence-electron chi connectivity index (χ4n) is 9.43. The van der Waals surface area contributed by atoms with Gasteiger partial charge in [-0.25, -0.2) is 0 Å². The number of methoxy groups -OCH3 is 2. The zero-order valence-corrected chi connectivity index (χ0v) is 36.3. The van der Waals surface area contributed by atoms with E-state index in [1.165, 1.54) is 4.57 Å². The van der Waals surface area contributed by atoms with Gasteiger partial charge in [-0.15, -0.1) is 0 Å². The van der Waals surface area contributed by atoms with Crippen LogP contribution in [-0.2, 0) is 42.2 Å². The largest absolute Gasteiger partial charge is 0.496 e. The minimum absolute atomic E-state index is 0.0489. The number of piperidine rings is 2. The van der Waals surface area contributed by atoms with E-state index in [0.717, 1.165) is 27.1 Å². The van der Waals surface area contributed by atoms with Crippen molar-refractivity contribution in [2.45, 2.75) is 69.4 Å². The van der Waals surface area contributed by atoms with Crippen LogP contribution in [0.1, 0.15) is 71.2 Å². The summed E-state index contributed by atoms with van der Waals surface area (Å²) in [6.07, 6.45) is 6.95. The second-order valence-electron chi connectivity index (χ2n) is 16.7. The van der Waals surface area contributed by atoms with Gasteiger partial charge in [-0.3, -0.25) is 53.7 Å². The average molecular weight is 878 g/mol. The Morgan fingerprint density at radius 1 is 0.984 bits per heavy atom. The Kier molecular flexibility index (Phi) is 12.5. The molecule has 4 aromatic rings. The van der Waals surface area contributed by atoms with E-state index in [4.69, 9.17) is 18.9 Å². The smallest absolute Gasteiger partial charge is 0.294 e. The van der Waals surface area contributed by atoms with Crippen LogP contribution in [0, 0.1) is 0 Å². The molecule has 0 saturated carbocycles. The molecular weight excluding hydrogens is 827 g/mol. The maximum atomic E-state index is 13.6. The third-order valence-corrected chi connectivity index (χ3v) is 12.9. The predicted octanol–water partition coefficient (Wildman–Crippen LogP) is 3.02. The number of carbonyl (C=O) groups excluding carboxylic acids is 6. The van der Waals surface area contributed by atoms with Gasteiger partial charge in [-0.2, -0.15) is 0 Å². The van der Waals surface area contributed by atoms with E-state index in [0.29, 0.717) is 87.4 Å². The number of carbonyl (C=O) groups is 6. The van der Waals surface area contributed by atoms with Gasteiger partial charge in [0.2, 0.25) is 17.7 Å². The fourth-order valence-corrected chi connectivity index (χ4v) is 9.43. The number of ether oxygens (including phenoxy) is 4. The number of hydrogen-bond donors (Lipinski definition) is 1. The van der Waals surface area contributed by atoms with Crippen molar-refractivity contribution < 1.29 is 47.7 Å². The standard InChI is InChI=1S/C46H51N7O11/c1-49(25-35-37(61-3)20-28(21-38(35)62-4)34-24-50(2)43(58)33-23-47-15-12-30(33)34)40(56)6-5-7-41(63-27-54)52-18-19-64-46(26-52)13-16-51(17-14-46)29-8-9-31-32(22-29)45(60)53(44(31)59)36-10-11-39(55)48-42(36)57/h8-9,12,15,20-24,27,36,41H,5-7,10-11,13-14,16-19,25-26H2,1-4H3,(H,48,55,57). The van der Waals surface area contributed by atoms with Crippen LogP contribution in [0.4, 0.5) is 5.69 Å². The van der Waals surface area contributed by atoms with Crippen molar-refractivity contribution in [3.8, 4) is 22.6 Å². The highest BCUT2D eigenvalue weighted by atomic mass is 16.5. The van der Waals surface area contributed by atoms with Crippen molar-refractivity contribution in [3.63, 3.8) is 0 Å². The Hall–Kier alpha value is -6.66. The van der Waals surface area contributed by atoms with Gasteiger partial charge in [0.15, 0.2) is 6.23 Å². The monoisotopic (exact) mass is 877 g/mol. The molecule has 1 spiro atoms. The van der Waals surface area contributed by atoms with Crippen LogP contribution in [0.3, 0.4) is 0 Å². The van der Waals surface area contributed by atoms with Crippen molar-refractivity contribution in [1.29, 1.82) is 0 Å². The van der Waals surface area contributed by atoms with E-state index in [-0.39, 0.29) is 48.4 Å². The van der Waals surface area contributed by atoms with E-state index in [9.17, 15) is 33.6 Å². The molecule has 6 heterocycles. The third-order valence-electron chi connectivity index (χ3n) is 12.9. The van der Waals surface area contributed by atoms with Crippen molar-refractivity contribution in [1.82, 2.24) is 29.6 Å². The van der Waals surface area contributed by atoms with E-state index in [1.807, 2.05) is 12.1 Å². The Morgan fingerprint density at radius 2 is 1.72 bits per heavy atom. The zero-order valence-electron chi connectivity index (χ0n) is 36.3. The molecule has 0 bridgehead atoms. The molecule has 8 rings (SSSR count). The van der Waals surface area contributed by atoms with E-state index >= 15 is 0 Å². The number of pyridine rings is 2. The summed E-state index contributed by atoms with van der Waals surface area (Å²) in [6.45, 7) is 3.36. The van der Waals surface area contributed by atoms with Crippen LogP contribution in [-0.4, -0.2) is 132 Å². The summed E-state index contributed by atoms with van der Waals surface area (Å²) in [5.41, 5.74) is 2.82. The molecule has 2 atom stereocenters. The highest BCUT2D eigenvalue weighted by molar-refractivity contribution is 6.23. The summed E-state index contributed by atoms with van der Waals surface area (Å²) in [7, 11) is 6.52. The number of hydrogen-bond acceptors (Lipinski definition) is 14. The van der Waals surface area contributed by atoms with Gasteiger partial charge in [0.1, 0.15) is 17.5 Å². The summed E-state index contributed by atoms with van der Waals surface area (Å²) in [5, 5.41) is 3.45. The number of benzene rings is 2. The minimum Gasteiger partial charge on any atom is -0.496 e. The van der Waals surface area contributed by atoms with Crippen LogP contribution < -0.4 is 25.2 Å². The van der Waals surface area contributed by atoms with E-state index in [2.05, 4.69) is 20.1 Å². The number of amides is 5. The molecule has 336 valence electrons. The summed E-state index contributed by atoms with van der Waals surface area (Å²) in [6, 6.07) is 9.62. The van der Waals surface area contributed by atoms with Gasteiger partial charge in [-0.05, 0) is 79.5 Å². The predicted molar refractivity (Wildman–Crippen MR) is 232 cm³/mol. The molecule has 4 aliphatic rings. The van der Waals surface area contributed by atoms with Gasteiger partial charge in [0, 0.05) is 83.0 Å². The van der Waals surface area contributed by atoms with Gasteiger partial charge in [-0.1, -0.05) is 0 Å². The molecule has 3 fully saturated rings. The molecule has 18 heteroatoms. The van der Waals surface area contributed by atoms with E-state index < -0.39 is 41.5 Å². The van der Waals surface area contributed by atoms with Gasteiger partial charge in [0.25, 0.3) is 23.8 Å². The Morgan fingerprint density at radius 3 is 2.42 bits per heavy atom. The normalized spacial score (nSPS) is 19.1. The number of aromatic nitrogens is 2. The van der Waals surface area contributed by atoms with E-state index in [1.54, 1.807) is 76.1 Å². The van der Waals surface area contributed by atoms with Crippen molar-refractivity contribution in [2.75, 3.05) is 59.0 Å². The van der Waals surface area contributed by atoms with Crippen molar-refractivity contribution in [2.24, 2.45) is 7.05 Å². The molecule has 0 aliphatic carbocycles. The summed E-state index contributed by atoms with van der Waals surface area (Å²) in [5.74, 6) is -1.24. The molecule has 2 aromatic carbocycles. The van der Waals surface area contributed by atoms with Crippen LogP contribution in [0.5, 0.6) is 11.5 Å². The van der Waals surface area contributed by atoms with Crippen molar-refractivity contribution in [3.05, 3.63) is 82.0 Å². The molecule has 64 heavy (non-hydrogen) atoms. The number of aryl methyl sites for hydroxylation is 1. The number of fused-ring (bicyclic) bond motifs is 2. The Balaban J connectivity index is 0.868. The summed E-state index contributed by atoms with van der Waals surface area (Å²) >= 11 is 0. The van der Waals surface area contributed by atoms with Crippen LogP contribution >= 0.6 is 0 Å². The van der Waals surface area contributed by atoms with Crippen LogP contribution in [0.2, 0.25) is 0 Å². The highest BCUT2D eigenvalue weighted by Gasteiger charge is 2.46. The number of anilines is 1. The second-order valence-corrected chi connectivity index (χ2v) is 16.7. The maximum Gasteiger partial charge on any atom is 0.294 e. The zero-order chi connectivity index (χ0) is 45.3. The first-order valence-electron chi connectivity index (χ1n) is 21.4. The maximum absolute atomic E-state index is 13.6. The topological polar surface area (TPSA) is 199 Å². The number of imide groups is 2. The van der Waals surface area contributed by atoms with Gasteiger partial charge < -0.3 is 33.3 Å². The lowest BCUT2D eigenvalue weighted by Crippen LogP contribution is -2.59. The minimum atomic E-state index is -1.03. The molecule has 4 aliphatic heterocycles. The Bertz CT molecular complexity index is 2560. The summed E-state index contributed by atoms with van der Waals surface area (Å²) < 4.78 is 25.2. The molecule has 18 nitrogen and oxygen atoms in total. The number of nitrogens with one attached hydrogen (secondary N) is 1. The molecule has 2 aromatic heterocycles. The SMILES string of the molecule is COc1cc(-c2cn(C)c(=O)c3cnccc23)cc(OC)c1CN(C)C(=O)CCCC(OC=O)N1CCOC2(CCN(c3ccc4c(c3)C(=O)N(C3CCC(=O)NC3=O)C4=O)CC2)C1. The number of rotatable bonds is 14. The second kappa shape index (κ2) is 18.2. The molecule has 0 radical (unpaired) electrons. The van der Waals surface area contributed by atoms with Crippen LogP contribution in [0.15, 0.2) is 59.8 Å². The first-order chi connectivity index (χ1) is 30.8. The third kappa shape index (κ3) is 8.42.